The van der Waals surface area contributed by atoms with Crippen LogP contribution in [0.1, 0.15) is 23.0 Å². The van der Waals surface area contributed by atoms with Gasteiger partial charge in [-0.2, -0.15) is 13.2 Å². The molecular weight excluding hydrogens is 301 g/mol. The minimum atomic E-state index is -4.47. The van der Waals surface area contributed by atoms with Crippen LogP contribution in [-0.2, 0) is 18.0 Å². The van der Waals surface area contributed by atoms with Crippen molar-refractivity contribution in [1.29, 1.82) is 0 Å². The molecule has 2 aromatic rings. The van der Waals surface area contributed by atoms with Crippen molar-refractivity contribution in [2.75, 3.05) is 0 Å². The van der Waals surface area contributed by atoms with Crippen molar-refractivity contribution in [1.82, 2.24) is 9.88 Å². The van der Waals surface area contributed by atoms with Crippen LogP contribution < -0.4 is 5.32 Å². The topological polar surface area (TPSA) is 71.3 Å². The molecule has 0 fully saturated rings. The summed E-state index contributed by atoms with van der Waals surface area (Å²) < 4.78 is 39.5. The standard InChI is InChI=1S/C14H13F3N2O3/c1-7(13(21)22)18-12(20)11-6-8-5-9(14(15,16)17)3-4-10(8)19(11)2/h3-7H,1-2H3,(H,18,20)(H,21,22). The Morgan fingerprint density at radius 3 is 2.45 bits per heavy atom. The second-order valence-corrected chi connectivity index (χ2v) is 4.89. The van der Waals surface area contributed by atoms with E-state index in [0.717, 1.165) is 12.1 Å². The van der Waals surface area contributed by atoms with Gasteiger partial charge in [-0.1, -0.05) is 0 Å². The zero-order valence-corrected chi connectivity index (χ0v) is 11.7. The molecule has 8 heteroatoms. The first-order valence-corrected chi connectivity index (χ1v) is 6.31. The number of carboxylic acid groups (broad SMARTS) is 1. The van der Waals surface area contributed by atoms with Crippen molar-refractivity contribution in [2.45, 2.75) is 19.1 Å². The molecule has 1 aromatic heterocycles. The first-order chi connectivity index (χ1) is 10.1. The number of alkyl halides is 3. The van der Waals surface area contributed by atoms with Gasteiger partial charge in [0, 0.05) is 18.0 Å². The number of nitrogens with one attached hydrogen (secondary N) is 1. The molecule has 1 amide bonds. The van der Waals surface area contributed by atoms with Crippen LogP contribution in [0.2, 0.25) is 0 Å². The number of amides is 1. The van der Waals surface area contributed by atoms with Gasteiger partial charge in [0.15, 0.2) is 0 Å². The van der Waals surface area contributed by atoms with Crippen molar-refractivity contribution in [3.05, 3.63) is 35.5 Å². The minimum absolute atomic E-state index is 0.0856. The fraction of sp³-hybridized carbons (Fsp3) is 0.286. The van der Waals surface area contributed by atoms with Gasteiger partial charge in [0.2, 0.25) is 0 Å². The van der Waals surface area contributed by atoms with Gasteiger partial charge in [0.05, 0.1) is 5.56 Å². The van der Waals surface area contributed by atoms with Crippen molar-refractivity contribution in [3.63, 3.8) is 0 Å². The highest BCUT2D eigenvalue weighted by Gasteiger charge is 2.31. The summed E-state index contributed by atoms with van der Waals surface area (Å²) in [5, 5.41) is 11.3. The molecule has 0 aliphatic rings. The second-order valence-electron chi connectivity index (χ2n) is 4.89. The van der Waals surface area contributed by atoms with E-state index in [9.17, 15) is 22.8 Å². The Bertz CT molecular complexity index is 750. The molecule has 1 atom stereocenters. The summed E-state index contributed by atoms with van der Waals surface area (Å²) in [6, 6.07) is 3.36. The molecule has 0 saturated heterocycles. The second kappa shape index (κ2) is 5.36. The Morgan fingerprint density at radius 2 is 1.91 bits per heavy atom. The summed E-state index contributed by atoms with van der Waals surface area (Å²) >= 11 is 0. The Balaban J connectivity index is 2.42. The van der Waals surface area contributed by atoms with Crippen LogP contribution in [0.25, 0.3) is 10.9 Å². The van der Waals surface area contributed by atoms with Crippen LogP contribution in [0.4, 0.5) is 13.2 Å². The maximum absolute atomic E-state index is 12.7. The molecule has 2 N–H and O–H groups in total. The van der Waals surface area contributed by atoms with E-state index in [-0.39, 0.29) is 11.1 Å². The number of hydrogen-bond donors (Lipinski definition) is 2. The number of carbonyl (C=O) groups excluding carboxylic acids is 1. The smallest absolute Gasteiger partial charge is 0.416 e. The number of benzene rings is 1. The predicted molar refractivity (Wildman–Crippen MR) is 72.5 cm³/mol. The zero-order chi connectivity index (χ0) is 16.7. The Hall–Kier alpha value is -2.51. The van der Waals surface area contributed by atoms with E-state index < -0.39 is 29.7 Å². The molecule has 1 aromatic carbocycles. The number of aryl methyl sites for hydroxylation is 1. The monoisotopic (exact) mass is 314 g/mol. The molecule has 1 heterocycles. The molecule has 118 valence electrons. The van der Waals surface area contributed by atoms with Crippen molar-refractivity contribution < 1.29 is 27.9 Å². The lowest BCUT2D eigenvalue weighted by atomic mass is 10.1. The van der Waals surface area contributed by atoms with Crippen LogP contribution in [0.3, 0.4) is 0 Å². The fourth-order valence-corrected chi connectivity index (χ4v) is 2.08. The number of carboxylic acids is 1. The van der Waals surface area contributed by atoms with E-state index >= 15 is 0 Å². The summed E-state index contributed by atoms with van der Waals surface area (Å²) in [6.45, 7) is 1.30. The minimum Gasteiger partial charge on any atom is -0.480 e. The van der Waals surface area contributed by atoms with Gasteiger partial charge in [0.25, 0.3) is 5.91 Å². The molecule has 0 spiro atoms. The van der Waals surface area contributed by atoms with Gasteiger partial charge in [-0.3, -0.25) is 9.59 Å². The van der Waals surface area contributed by atoms with Crippen molar-refractivity contribution in [2.24, 2.45) is 7.05 Å². The highest BCUT2D eigenvalue weighted by Crippen LogP contribution is 2.32. The number of aromatic nitrogens is 1. The van der Waals surface area contributed by atoms with Crippen LogP contribution in [0.5, 0.6) is 0 Å². The SMILES string of the molecule is CC(NC(=O)c1cc2cc(C(F)(F)F)ccc2n1C)C(=O)O. The Morgan fingerprint density at radius 1 is 1.27 bits per heavy atom. The van der Waals surface area contributed by atoms with Gasteiger partial charge in [-0.25, -0.2) is 0 Å². The molecule has 0 bridgehead atoms. The third-order valence-corrected chi connectivity index (χ3v) is 3.32. The Kier molecular flexibility index (Phi) is 3.87. The van der Waals surface area contributed by atoms with E-state index in [2.05, 4.69) is 5.32 Å². The van der Waals surface area contributed by atoms with Crippen LogP contribution in [0, 0.1) is 0 Å². The number of carbonyl (C=O) groups is 2. The van der Waals surface area contributed by atoms with Gasteiger partial charge < -0.3 is 15.0 Å². The zero-order valence-electron chi connectivity index (χ0n) is 11.7. The lowest BCUT2D eigenvalue weighted by molar-refractivity contribution is -0.139. The molecule has 0 radical (unpaired) electrons. The average molecular weight is 314 g/mol. The Labute approximate surface area is 123 Å². The normalized spacial score (nSPS) is 13.1. The molecule has 0 aliphatic heterocycles. The lowest BCUT2D eigenvalue weighted by Crippen LogP contribution is -2.39. The fourth-order valence-electron chi connectivity index (χ4n) is 2.08. The molecule has 2 rings (SSSR count). The first-order valence-electron chi connectivity index (χ1n) is 6.31. The quantitative estimate of drug-likeness (QED) is 0.914. The summed E-state index contributed by atoms with van der Waals surface area (Å²) in [5.74, 6) is -1.87. The predicted octanol–water partition coefficient (Wildman–Crippen LogP) is 2.40. The number of hydrogen-bond acceptors (Lipinski definition) is 2. The van der Waals surface area contributed by atoms with Gasteiger partial charge >= 0.3 is 12.1 Å². The number of fused-ring (bicyclic) bond motifs is 1. The van der Waals surface area contributed by atoms with Crippen molar-refractivity contribution >= 4 is 22.8 Å². The van der Waals surface area contributed by atoms with Crippen LogP contribution in [0.15, 0.2) is 24.3 Å². The number of rotatable bonds is 3. The molecule has 0 aliphatic carbocycles. The van der Waals surface area contributed by atoms with Crippen LogP contribution >= 0.6 is 0 Å². The third kappa shape index (κ3) is 2.90. The summed E-state index contributed by atoms with van der Waals surface area (Å²) in [7, 11) is 1.52. The maximum Gasteiger partial charge on any atom is 0.416 e. The third-order valence-electron chi connectivity index (χ3n) is 3.32. The molecule has 22 heavy (non-hydrogen) atoms. The van der Waals surface area contributed by atoms with Gasteiger partial charge in [0.1, 0.15) is 11.7 Å². The van der Waals surface area contributed by atoms with Crippen LogP contribution in [-0.4, -0.2) is 27.6 Å². The number of halogens is 3. The van der Waals surface area contributed by atoms with Crippen molar-refractivity contribution in [3.8, 4) is 0 Å². The summed E-state index contributed by atoms with van der Waals surface area (Å²) in [6.07, 6.45) is -4.47. The molecule has 0 saturated carbocycles. The average Bonchev–Trinajstić information content (AvgIpc) is 2.74. The van der Waals surface area contributed by atoms with E-state index in [1.165, 1.54) is 30.7 Å². The maximum atomic E-state index is 12.7. The summed E-state index contributed by atoms with van der Waals surface area (Å²) in [5.41, 5.74) is -0.278. The molecule has 1 unspecified atom stereocenters. The number of aliphatic carboxylic acids is 1. The molecule has 5 nitrogen and oxygen atoms in total. The molecular formula is C14H13F3N2O3. The van der Waals surface area contributed by atoms with Gasteiger partial charge in [-0.15, -0.1) is 0 Å². The van der Waals surface area contributed by atoms with E-state index in [1.54, 1.807) is 0 Å². The van der Waals surface area contributed by atoms with E-state index in [0.29, 0.717) is 5.52 Å². The lowest BCUT2D eigenvalue weighted by Gasteiger charge is -2.10. The number of nitrogens with zero attached hydrogens (tertiary/aromatic N) is 1. The van der Waals surface area contributed by atoms with Gasteiger partial charge in [-0.05, 0) is 31.2 Å². The highest BCUT2D eigenvalue weighted by atomic mass is 19.4. The summed E-state index contributed by atoms with van der Waals surface area (Å²) in [4.78, 5) is 22.7. The van der Waals surface area contributed by atoms with E-state index in [4.69, 9.17) is 5.11 Å². The highest BCUT2D eigenvalue weighted by molar-refractivity contribution is 6.00. The first kappa shape index (κ1) is 15.9. The largest absolute Gasteiger partial charge is 0.480 e. The van der Waals surface area contributed by atoms with E-state index in [1.807, 2.05) is 0 Å².